The quantitative estimate of drug-likeness (QED) is 0.340. The second kappa shape index (κ2) is 12.0. The summed E-state index contributed by atoms with van der Waals surface area (Å²) in [5.74, 6) is 0.200. The Balaban J connectivity index is 1.87. The summed E-state index contributed by atoms with van der Waals surface area (Å²) in [7, 11) is -3.99. The third-order valence-electron chi connectivity index (χ3n) is 6.28. The van der Waals surface area contributed by atoms with E-state index < -0.39 is 33.3 Å². The molecule has 1 aromatic carbocycles. The Morgan fingerprint density at radius 3 is 2.25 bits per heavy atom. The Kier molecular flexibility index (Phi) is 9.58. The molecular weight excluding hydrogens is 552 g/mol. The van der Waals surface area contributed by atoms with Gasteiger partial charge in [-0.3, -0.25) is 4.90 Å². The number of carbonyl (C=O) groups is 2. The number of ether oxygens (including phenoxy) is 1. The highest BCUT2D eigenvalue weighted by molar-refractivity contribution is 7.89. The lowest BCUT2D eigenvalue weighted by molar-refractivity contribution is 0.0491. The molecule has 40 heavy (non-hydrogen) atoms. The Labute approximate surface area is 241 Å². The fourth-order valence-electron chi connectivity index (χ4n) is 4.73. The average molecular weight is 595 g/mol. The van der Waals surface area contributed by atoms with Crippen LogP contribution in [0.2, 0.25) is 0 Å². The summed E-state index contributed by atoms with van der Waals surface area (Å²) in [6.45, 7) is 14.2. The summed E-state index contributed by atoms with van der Waals surface area (Å²) in [5, 5.41) is 13.6. The summed E-state index contributed by atoms with van der Waals surface area (Å²) in [5.41, 5.74) is -0.534. The van der Waals surface area contributed by atoms with Gasteiger partial charge in [-0.2, -0.15) is 0 Å². The minimum absolute atomic E-state index is 0.00675. The number of carboxylic acid groups (broad SMARTS) is 1. The van der Waals surface area contributed by atoms with Gasteiger partial charge in [0.2, 0.25) is 10.0 Å². The van der Waals surface area contributed by atoms with E-state index in [1.807, 2.05) is 20.8 Å². The van der Waals surface area contributed by atoms with Crippen LogP contribution in [0.1, 0.15) is 92.0 Å². The molecule has 2 amide bonds. The van der Waals surface area contributed by atoms with Gasteiger partial charge in [0.05, 0.1) is 14.8 Å². The minimum Gasteiger partial charge on any atom is -0.465 e. The Morgan fingerprint density at radius 1 is 1.10 bits per heavy atom. The highest BCUT2D eigenvalue weighted by atomic mass is 32.2. The second-order valence-electron chi connectivity index (χ2n) is 12.5. The zero-order chi connectivity index (χ0) is 30.0. The molecule has 12 heteroatoms. The number of carbonyl (C=O) groups excluding carboxylic acids is 1. The number of nitrogens with zero attached hydrogens (tertiary/aromatic N) is 2. The van der Waals surface area contributed by atoms with E-state index in [0.717, 1.165) is 35.6 Å². The second-order valence-corrected chi connectivity index (χ2v) is 15.3. The monoisotopic (exact) mass is 594 g/mol. The van der Waals surface area contributed by atoms with Crippen LogP contribution in [0.5, 0.6) is 0 Å². The smallest absolute Gasteiger partial charge is 0.412 e. The minimum atomic E-state index is -3.99. The van der Waals surface area contributed by atoms with Crippen molar-refractivity contribution >= 4 is 39.2 Å². The number of anilines is 1. The Bertz CT molecular complexity index is 1320. The van der Waals surface area contributed by atoms with E-state index in [1.165, 1.54) is 17.4 Å². The molecule has 0 saturated heterocycles. The molecule has 10 nitrogen and oxygen atoms in total. The number of alkyl carbamates (subject to hydrolysis) is 1. The fourth-order valence-corrected chi connectivity index (χ4v) is 7.58. The normalized spacial score (nSPS) is 18.4. The number of hydrogen-bond donors (Lipinski definition) is 3. The molecule has 0 radical (unpaired) electrons. The lowest BCUT2D eigenvalue weighted by atomic mass is 9.86. The van der Waals surface area contributed by atoms with Gasteiger partial charge in [0.15, 0.2) is 0 Å². The topological polar surface area (TPSA) is 138 Å². The highest BCUT2D eigenvalue weighted by Crippen LogP contribution is 2.40. The van der Waals surface area contributed by atoms with Gasteiger partial charge in [-0.25, -0.2) is 27.7 Å². The summed E-state index contributed by atoms with van der Waals surface area (Å²) in [6, 6.07) is 4.36. The van der Waals surface area contributed by atoms with Crippen LogP contribution in [-0.2, 0) is 14.8 Å². The van der Waals surface area contributed by atoms with Crippen LogP contribution in [-0.4, -0.2) is 53.9 Å². The van der Waals surface area contributed by atoms with Crippen LogP contribution in [0, 0.1) is 0 Å². The number of nitrogens with one attached hydrogen (secondary N) is 2. The van der Waals surface area contributed by atoms with Crippen molar-refractivity contribution in [3.63, 3.8) is 0 Å². The van der Waals surface area contributed by atoms with Crippen LogP contribution in [0.15, 0.2) is 29.3 Å². The molecule has 0 atom stereocenters. The van der Waals surface area contributed by atoms with Crippen LogP contribution in [0.3, 0.4) is 0 Å². The summed E-state index contributed by atoms with van der Waals surface area (Å²) < 4.78 is 35.1. The number of amides is 2. The maximum absolute atomic E-state index is 13.5. The van der Waals surface area contributed by atoms with Crippen molar-refractivity contribution in [1.82, 2.24) is 15.0 Å². The molecule has 1 heterocycles. The van der Waals surface area contributed by atoms with Crippen molar-refractivity contribution in [3.05, 3.63) is 29.4 Å². The number of hydrogen-bond acceptors (Lipinski definition) is 7. The predicted octanol–water partition coefficient (Wildman–Crippen LogP) is 6.33. The molecule has 1 aliphatic carbocycles. The Hall–Kier alpha value is -2.70. The number of sulfonamides is 1. The first kappa shape index (κ1) is 31.8. The van der Waals surface area contributed by atoms with E-state index in [2.05, 4.69) is 15.0 Å². The largest absolute Gasteiger partial charge is 0.465 e. The van der Waals surface area contributed by atoms with Gasteiger partial charge in [0.25, 0.3) is 0 Å². The number of aromatic nitrogens is 1. The van der Waals surface area contributed by atoms with Crippen LogP contribution < -0.4 is 14.9 Å². The van der Waals surface area contributed by atoms with E-state index in [0.29, 0.717) is 10.4 Å². The third-order valence-corrected chi connectivity index (χ3v) is 9.27. The summed E-state index contributed by atoms with van der Waals surface area (Å²) in [4.78, 5) is 30.6. The predicted molar refractivity (Wildman–Crippen MR) is 158 cm³/mol. The number of rotatable bonds is 7. The van der Waals surface area contributed by atoms with Gasteiger partial charge in [0, 0.05) is 41.0 Å². The number of benzene rings is 1. The lowest BCUT2D eigenvalue weighted by Crippen LogP contribution is -2.41. The van der Waals surface area contributed by atoms with E-state index in [-0.39, 0.29) is 28.6 Å². The molecule has 0 spiro atoms. The van der Waals surface area contributed by atoms with Gasteiger partial charge in [-0.15, -0.1) is 11.3 Å². The fraction of sp³-hybridized carbons (Fsp3) is 0.607. The van der Waals surface area contributed by atoms with E-state index >= 15 is 0 Å². The highest BCUT2D eigenvalue weighted by Gasteiger charge is 2.30. The van der Waals surface area contributed by atoms with E-state index in [4.69, 9.17) is 4.74 Å². The van der Waals surface area contributed by atoms with E-state index in [1.54, 1.807) is 52.9 Å². The van der Waals surface area contributed by atoms with Gasteiger partial charge >= 0.3 is 12.2 Å². The zero-order valence-corrected chi connectivity index (χ0v) is 26.2. The van der Waals surface area contributed by atoms with Gasteiger partial charge in [-0.1, -0.05) is 6.07 Å². The zero-order valence-electron chi connectivity index (χ0n) is 24.6. The first-order chi connectivity index (χ1) is 18.4. The maximum atomic E-state index is 13.5. The molecule has 3 rings (SSSR count). The molecule has 1 saturated carbocycles. The Morgan fingerprint density at radius 2 is 1.73 bits per heavy atom. The summed E-state index contributed by atoms with van der Waals surface area (Å²) >= 11 is 1.45. The van der Waals surface area contributed by atoms with Crippen LogP contribution in [0.25, 0.3) is 10.4 Å². The molecule has 0 bridgehead atoms. The van der Waals surface area contributed by atoms with Crippen molar-refractivity contribution in [2.45, 2.75) is 115 Å². The van der Waals surface area contributed by atoms with Gasteiger partial charge < -0.3 is 15.2 Å². The molecule has 2 aromatic rings. The maximum Gasteiger partial charge on any atom is 0.412 e. The molecule has 1 aliphatic rings. The van der Waals surface area contributed by atoms with Crippen LogP contribution in [0.4, 0.5) is 15.3 Å². The molecule has 1 aromatic heterocycles. The summed E-state index contributed by atoms with van der Waals surface area (Å²) in [6.07, 6.45) is 3.38. The molecule has 0 unspecified atom stereocenters. The van der Waals surface area contributed by atoms with Crippen molar-refractivity contribution in [2.24, 2.45) is 0 Å². The SMILES string of the molecule is CC(C)N(C(=O)O)c1ccc(-c2cnc(C3CCC(NC(=O)OC(C)(C)C)CC3)s2)c(S(=O)(=O)NC(C)(C)C)c1. The van der Waals surface area contributed by atoms with Gasteiger partial charge in [-0.05, 0) is 93.2 Å². The number of thiazole rings is 1. The molecule has 0 aliphatic heterocycles. The average Bonchev–Trinajstić information content (AvgIpc) is 3.26. The molecular formula is C28H42N4O6S2. The lowest BCUT2D eigenvalue weighted by Gasteiger charge is -2.29. The van der Waals surface area contributed by atoms with Crippen molar-refractivity contribution in [2.75, 3.05) is 4.90 Å². The van der Waals surface area contributed by atoms with Crippen molar-refractivity contribution in [1.29, 1.82) is 0 Å². The first-order valence-corrected chi connectivity index (χ1v) is 15.8. The van der Waals surface area contributed by atoms with E-state index in [9.17, 15) is 23.1 Å². The van der Waals surface area contributed by atoms with Gasteiger partial charge in [0.1, 0.15) is 5.60 Å². The third kappa shape index (κ3) is 8.40. The van der Waals surface area contributed by atoms with Crippen molar-refractivity contribution in [3.8, 4) is 10.4 Å². The first-order valence-electron chi connectivity index (χ1n) is 13.5. The molecule has 1 fully saturated rings. The van der Waals surface area contributed by atoms with Crippen LogP contribution >= 0.6 is 11.3 Å². The molecule has 222 valence electrons. The standard InChI is InChI=1S/C28H42N4O6S2/c1-17(2)32(26(34)35)20-13-14-21(23(15-20)40(36,37)31-27(3,4)5)22-16-29-24(39-22)18-9-11-19(12-10-18)30-25(33)38-28(6,7)8/h13-19,31H,9-12H2,1-8H3,(H,30,33)(H,34,35). The molecule has 3 N–H and O–H groups in total. The van der Waals surface area contributed by atoms with Crippen molar-refractivity contribution < 1.29 is 27.9 Å².